The molecule has 3 aromatic rings. The van der Waals surface area contributed by atoms with Crippen LogP contribution < -0.4 is 5.32 Å². The van der Waals surface area contributed by atoms with Gasteiger partial charge in [-0.25, -0.2) is 4.98 Å². The fraction of sp³-hybridized carbons (Fsp3) is 0.267. The molecule has 6 heteroatoms. The highest BCUT2D eigenvalue weighted by Gasteiger charge is 2.18. The fourth-order valence-corrected chi connectivity index (χ4v) is 2.02. The predicted octanol–water partition coefficient (Wildman–Crippen LogP) is 2.84. The molecule has 0 aliphatic rings. The number of rotatable bonds is 2. The van der Waals surface area contributed by atoms with E-state index in [1.54, 1.807) is 6.20 Å². The molecule has 3 N–H and O–H groups in total. The standard InChI is InChI=1S/C15H17N5O/c1-15(2,3)14-19-11-5-4-10(6-12(11)20-14)18-13(21)9-7-16-17-8-9/h4-8H,1-3H3,(H,16,17)(H,18,21)(H,19,20). The fourth-order valence-electron chi connectivity index (χ4n) is 2.02. The summed E-state index contributed by atoms with van der Waals surface area (Å²) in [5, 5.41) is 9.22. The van der Waals surface area contributed by atoms with Gasteiger partial charge in [-0.05, 0) is 18.2 Å². The van der Waals surface area contributed by atoms with Crippen LogP contribution in [-0.4, -0.2) is 26.1 Å². The van der Waals surface area contributed by atoms with Crippen molar-refractivity contribution < 1.29 is 4.79 Å². The van der Waals surface area contributed by atoms with Crippen LogP contribution in [0.5, 0.6) is 0 Å². The van der Waals surface area contributed by atoms with Crippen molar-refractivity contribution >= 4 is 22.6 Å². The molecule has 0 radical (unpaired) electrons. The Morgan fingerprint density at radius 1 is 1.29 bits per heavy atom. The summed E-state index contributed by atoms with van der Waals surface area (Å²) in [6.07, 6.45) is 3.05. The number of H-pyrrole nitrogens is 2. The highest BCUT2D eigenvalue weighted by atomic mass is 16.1. The third-order valence-corrected chi connectivity index (χ3v) is 3.21. The highest BCUT2D eigenvalue weighted by molar-refractivity contribution is 6.04. The lowest BCUT2D eigenvalue weighted by Gasteiger charge is -2.13. The minimum Gasteiger partial charge on any atom is -0.341 e. The van der Waals surface area contributed by atoms with Crippen molar-refractivity contribution in [1.29, 1.82) is 0 Å². The molecule has 2 heterocycles. The van der Waals surface area contributed by atoms with Crippen LogP contribution in [-0.2, 0) is 5.41 Å². The summed E-state index contributed by atoms with van der Waals surface area (Å²) < 4.78 is 0. The molecule has 6 nitrogen and oxygen atoms in total. The van der Waals surface area contributed by atoms with Gasteiger partial charge in [0.05, 0.1) is 22.8 Å². The Morgan fingerprint density at radius 2 is 2.10 bits per heavy atom. The lowest BCUT2D eigenvalue weighted by molar-refractivity contribution is 0.102. The number of aromatic amines is 2. The van der Waals surface area contributed by atoms with Gasteiger partial charge >= 0.3 is 0 Å². The average molecular weight is 283 g/mol. The second kappa shape index (κ2) is 4.73. The number of carbonyl (C=O) groups excluding carboxylic acids is 1. The summed E-state index contributed by atoms with van der Waals surface area (Å²) in [4.78, 5) is 19.9. The smallest absolute Gasteiger partial charge is 0.258 e. The number of aromatic nitrogens is 4. The quantitative estimate of drug-likeness (QED) is 0.676. The van der Waals surface area contributed by atoms with Crippen LogP contribution in [0.1, 0.15) is 37.0 Å². The van der Waals surface area contributed by atoms with Gasteiger partial charge in [-0.1, -0.05) is 20.8 Å². The minimum absolute atomic E-state index is 0.0424. The lowest BCUT2D eigenvalue weighted by atomic mass is 9.96. The zero-order valence-corrected chi connectivity index (χ0v) is 12.2. The summed E-state index contributed by atoms with van der Waals surface area (Å²) in [6.45, 7) is 6.31. The monoisotopic (exact) mass is 283 g/mol. The first-order valence-electron chi connectivity index (χ1n) is 6.74. The van der Waals surface area contributed by atoms with Crippen molar-refractivity contribution in [3.05, 3.63) is 42.0 Å². The Bertz CT molecular complexity index is 780. The summed E-state index contributed by atoms with van der Waals surface area (Å²) >= 11 is 0. The normalized spacial score (nSPS) is 11.8. The van der Waals surface area contributed by atoms with Crippen LogP contribution in [0, 0.1) is 0 Å². The van der Waals surface area contributed by atoms with E-state index in [1.807, 2.05) is 18.2 Å². The third kappa shape index (κ3) is 2.65. The van der Waals surface area contributed by atoms with Gasteiger partial charge in [-0.3, -0.25) is 9.89 Å². The Morgan fingerprint density at radius 3 is 2.76 bits per heavy atom. The third-order valence-electron chi connectivity index (χ3n) is 3.21. The number of imidazole rings is 1. The summed E-state index contributed by atoms with van der Waals surface area (Å²) in [5.41, 5.74) is 2.97. The van der Waals surface area contributed by atoms with Crippen LogP contribution in [0.3, 0.4) is 0 Å². The Kier molecular flexibility index (Phi) is 3.01. The van der Waals surface area contributed by atoms with E-state index in [1.165, 1.54) is 6.20 Å². The van der Waals surface area contributed by atoms with Gasteiger partial charge in [0, 0.05) is 17.3 Å². The van der Waals surface area contributed by atoms with Gasteiger partial charge in [-0.2, -0.15) is 5.10 Å². The number of hydrogen-bond donors (Lipinski definition) is 3. The molecule has 0 atom stereocenters. The van der Waals surface area contributed by atoms with Crippen molar-refractivity contribution in [2.45, 2.75) is 26.2 Å². The average Bonchev–Trinajstić information content (AvgIpc) is 3.06. The number of benzene rings is 1. The zero-order valence-electron chi connectivity index (χ0n) is 12.2. The van der Waals surface area contributed by atoms with E-state index in [4.69, 9.17) is 0 Å². The van der Waals surface area contributed by atoms with Gasteiger partial charge in [-0.15, -0.1) is 0 Å². The second-order valence-electron chi connectivity index (χ2n) is 6.01. The van der Waals surface area contributed by atoms with Gasteiger partial charge in [0.25, 0.3) is 5.91 Å². The number of hydrogen-bond acceptors (Lipinski definition) is 3. The van der Waals surface area contributed by atoms with Crippen molar-refractivity contribution in [3.63, 3.8) is 0 Å². The summed E-state index contributed by atoms with van der Waals surface area (Å²) in [5.74, 6) is 0.731. The predicted molar refractivity (Wildman–Crippen MR) is 81.3 cm³/mol. The molecule has 0 aliphatic heterocycles. The van der Waals surface area contributed by atoms with Gasteiger partial charge < -0.3 is 10.3 Å². The van der Waals surface area contributed by atoms with Gasteiger partial charge in [0.15, 0.2) is 0 Å². The van der Waals surface area contributed by atoms with Crippen LogP contribution >= 0.6 is 0 Å². The first-order chi connectivity index (χ1) is 9.93. The number of amides is 1. The maximum atomic E-state index is 12.0. The molecule has 108 valence electrons. The number of nitrogens with zero attached hydrogens (tertiary/aromatic N) is 2. The van der Waals surface area contributed by atoms with Gasteiger partial charge in [0.1, 0.15) is 5.82 Å². The number of carbonyl (C=O) groups is 1. The summed E-state index contributed by atoms with van der Waals surface area (Å²) in [6, 6.07) is 5.62. The number of fused-ring (bicyclic) bond motifs is 1. The van der Waals surface area contributed by atoms with E-state index < -0.39 is 0 Å². The minimum atomic E-state index is -0.196. The van der Waals surface area contributed by atoms with Crippen molar-refractivity contribution in [3.8, 4) is 0 Å². The molecule has 0 spiro atoms. The molecule has 1 aromatic carbocycles. The molecule has 0 aliphatic carbocycles. The lowest BCUT2D eigenvalue weighted by Crippen LogP contribution is -2.12. The molecular formula is C15H17N5O. The van der Waals surface area contributed by atoms with Crippen LogP contribution in [0.15, 0.2) is 30.6 Å². The van der Waals surface area contributed by atoms with E-state index in [-0.39, 0.29) is 11.3 Å². The molecule has 0 saturated heterocycles. The molecular weight excluding hydrogens is 266 g/mol. The van der Waals surface area contributed by atoms with Gasteiger partial charge in [0.2, 0.25) is 0 Å². The zero-order chi connectivity index (χ0) is 15.0. The van der Waals surface area contributed by atoms with Crippen molar-refractivity contribution in [1.82, 2.24) is 20.2 Å². The van der Waals surface area contributed by atoms with Crippen LogP contribution in [0.2, 0.25) is 0 Å². The van der Waals surface area contributed by atoms with E-state index in [2.05, 4.69) is 46.3 Å². The first kappa shape index (κ1) is 13.4. The molecule has 0 saturated carbocycles. The molecule has 0 unspecified atom stereocenters. The number of anilines is 1. The summed E-state index contributed by atoms with van der Waals surface area (Å²) in [7, 11) is 0. The molecule has 0 fully saturated rings. The van der Waals surface area contributed by atoms with E-state index in [9.17, 15) is 4.79 Å². The van der Waals surface area contributed by atoms with E-state index >= 15 is 0 Å². The largest absolute Gasteiger partial charge is 0.341 e. The Hall–Kier alpha value is -2.63. The number of nitrogens with one attached hydrogen (secondary N) is 3. The highest BCUT2D eigenvalue weighted by Crippen LogP contribution is 2.24. The second-order valence-corrected chi connectivity index (χ2v) is 6.01. The maximum absolute atomic E-state index is 12.0. The maximum Gasteiger partial charge on any atom is 0.258 e. The van der Waals surface area contributed by atoms with Crippen molar-refractivity contribution in [2.24, 2.45) is 0 Å². The Labute approximate surface area is 122 Å². The van der Waals surface area contributed by atoms with E-state index in [0.717, 1.165) is 22.5 Å². The molecule has 1 amide bonds. The van der Waals surface area contributed by atoms with Crippen LogP contribution in [0.25, 0.3) is 11.0 Å². The molecule has 0 bridgehead atoms. The first-order valence-corrected chi connectivity index (χ1v) is 6.74. The van der Waals surface area contributed by atoms with E-state index in [0.29, 0.717) is 5.56 Å². The molecule has 21 heavy (non-hydrogen) atoms. The SMILES string of the molecule is CC(C)(C)c1nc2ccc(NC(=O)c3cn[nH]c3)cc2[nH]1. The van der Waals surface area contributed by atoms with Crippen molar-refractivity contribution in [2.75, 3.05) is 5.32 Å². The Balaban J connectivity index is 1.89. The molecule has 3 rings (SSSR count). The van der Waals surface area contributed by atoms with Crippen LogP contribution in [0.4, 0.5) is 5.69 Å². The molecule has 2 aromatic heterocycles. The topological polar surface area (TPSA) is 86.5 Å².